The van der Waals surface area contributed by atoms with Gasteiger partial charge in [0.15, 0.2) is 5.82 Å². The highest BCUT2D eigenvalue weighted by atomic mass is 19.3. The largest absolute Gasteiger partial charge is 0.351 e. The van der Waals surface area contributed by atoms with Crippen molar-refractivity contribution in [1.29, 1.82) is 0 Å². The van der Waals surface area contributed by atoms with Crippen LogP contribution in [0.1, 0.15) is 50.1 Å². The number of hydrogen-bond acceptors (Lipinski definition) is 4. The van der Waals surface area contributed by atoms with Crippen LogP contribution in [-0.2, 0) is 0 Å². The Morgan fingerprint density at radius 2 is 1.91 bits per heavy atom. The molecule has 2 fully saturated rings. The van der Waals surface area contributed by atoms with Gasteiger partial charge < -0.3 is 5.32 Å². The van der Waals surface area contributed by atoms with E-state index in [0.29, 0.717) is 30.5 Å². The van der Waals surface area contributed by atoms with Crippen LogP contribution in [0.25, 0.3) is 5.82 Å². The number of anilines is 1. The van der Waals surface area contributed by atoms with E-state index >= 15 is 0 Å². The summed E-state index contributed by atoms with van der Waals surface area (Å²) in [6.45, 7) is 0. The van der Waals surface area contributed by atoms with E-state index in [-0.39, 0.29) is 18.9 Å². The normalized spacial score (nSPS) is 21.3. The van der Waals surface area contributed by atoms with Gasteiger partial charge in [-0.1, -0.05) is 0 Å². The third kappa shape index (κ3) is 3.33. The van der Waals surface area contributed by atoms with E-state index in [2.05, 4.69) is 20.4 Å². The molecule has 0 aromatic carbocycles. The minimum Gasteiger partial charge on any atom is -0.351 e. The Labute approximate surface area is 133 Å². The topological polar surface area (TPSA) is 55.6 Å². The molecule has 5 nitrogen and oxygen atoms in total. The molecule has 0 spiro atoms. The highest BCUT2D eigenvalue weighted by Gasteiger charge is 2.35. The highest BCUT2D eigenvalue weighted by molar-refractivity contribution is 5.33. The van der Waals surface area contributed by atoms with Gasteiger partial charge in [0.1, 0.15) is 0 Å². The van der Waals surface area contributed by atoms with Crippen LogP contribution < -0.4 is 5.32 Å². The molecular weight excluding hydrogens is 300 g/mol. The van der Waals surface area contributed by atoms with E-state index < -0.39 is 5.92 Å². The third-order valence-corrected chi connectivity index (χ3v) is 4.53. The van der Waals surface area contributed by atoms with Gasteiger partial charge >= 0.3 is 0 Å². The Morgan fingerprint density at radius 3 is 2.65 bits per heavy atom. The minimum atomic E-state index is -2.52. The average Bonchev–Trinajstić information content (AvgIpc) is 3.27. The summed E-state index contributed by atoms with van der Waals surface area (Å²) >= 11 is 0. The van der Waals surface area contributed by atoms with E-state index in [4.69, 9.17) is 0 Å². The lowest BCUT2D eigenvalue weighted by atomic mass is 9.92. The summed E-state index contributed by atoms with van der Waals surface area (Å²) in [5, 5.41) is 7.72. The molecule has 2 aromatic heterocycles. The Kier molecular flexibility index (Phi) is 3.50. The van der Waals surface area contributed by atoms with E-state index in [9.17, 15) is 8.78 Å². The van der Waals surface area contributed by atoms with Gasteiger partial charge in [0.2, 0.25) is 11.9 Å². The quantitative estimate of drug-likeness (QED) is 0.936. The molecule has 122 valence electrons. The first kappa shape index (κ1) is 14.5. The van der Waals surface area contributed by atoms with Gasteiger partial charge in [0.05, 0.1) is 5.69 Å². The van der Waals surface area contributed by atoms with E-state index in [1.54, 1.807) is 16.9 Å². The molecule has 0 amide bonds. The van der Waals surface area contributed by atoms with Gasteiger partial charge in [0.25, 0.3) is 0 Å². The fraction of sp³-hybridized carbons (Fsp3) is 0.562. The molecule has 2 aromatic rings. The molecule has 2 heterocycles. The predicted octanol–water partition coefficient (Wildman–Crippen LogP) is 3.53. The van der Waals surface area contributed by atoms with Gasteiger partial charge in [-0.15, -0.1) is 0 Å². The maximum Gasteiger partial charge on any atom is 0.248 e. The molecule has 1 N–H and O–H groups in total. The van der Waals surface area contributed by atoms with Crippen LogP contribution in [0.15, 0.2) is 24.5 Å². The number of aromatic nitrogens is 4. The van der Waals surface area contributed by atoms with Crippen molar-refractivity contribution in [3.8, 4) is 5.82 Å². The summed E-state index contributed by atoms with van der Waals surface area (Å²) in [5.41, 5.74) is 1.10. The SMILES string of the molecule is FC1(F)CCC(Nc2nccc(-n3ccc(C4CC4)n3)n2)CC1. The molecule has 0 atom stereocenters. The van der Waals surface area contributed by atoms with Crippen LogP contribution in [0, 0.1) is 0 Å². The Bertz CT molecular complexity index is 685. The highest BCUT2D eigenvalue weighted by Crippen LogP contribution is 2.39. The lowest BCUT2D eigenvalue weighted by Crippen LogP contribution is -2.32. The van der Waals surface area contributed by atoms with Crippen molar-refractivity contribution in [2.24, 2.45) is 0 Å². The number of nitrogens with one attached hydrogen (secondary N) is 1. The fourth-order valence-corrected chi connectivity index (χ4v) is 2.98. The van der Waals surface area contributed by atoms with Gasteiger partial charge in [0, 0.05) is 43.3 Å². The van der Waals surface area contributed by atoms with Crippen molar-refractivity contribution < 1.29 is 8.78 Å². The molecule has 4 rings (SSSR count). The molecule has 7 heteroatoms. The van der Waals surface area contributed by atoms with Crippen LogP contribution in [0.5, 0.6) is 0 Å². The van der Waals surface area contributed by atoms with Crippen molar-refractivity contribution in [3.63, 3.8) is 0 Å². The molecule has 2 aliphatic rings. The first-order valence-corrected chi connectivity index (χ1v) is 8.12. The summed E-state index contributed by atoms with van der Waals surface area (Å²) < 4.78 is 28.2. The monoisotopic (exact) mass is 319 g/mol. The van der Waals surface area contributed by atoms with Crippen LogP contribution >= 0.6 is 0 Å². The Hall–Kier alpha value is -2.05. The lowest BCUT2D eigenvalue weighted by molar-refractivity contribution is -0.0361. The van der Waals surface area contributed by atoms with Crippen LogP contribution in [0.2, 0.25) is 0 Å². The molecule has 2 saturated carbocycles. The summed E-state index contributed by atoms with van der Waals surface area (Å²) in [6, 6.07) is 3.82. The van der Waals surface area contributed by atoms with Gasteiger partial charge in [-0.3, -0.25) is 0 Å². The summed E-state index contributed by atoms with van der Waals surface area (Å²) in [5.74, 6) is -0.758. The van der Waals surface area contributed by atoms with Crippen molar-refractivity contribution in [3.05, 3.63) is 30.2 Å². The molecule has 0 unspecified atom stereocenters. The number of nitrogens with zero attached hydrogens (tertiary/aromatic N) is 4. The first-order valence-electron chi connectivity index (χ1n) is 8.12. The van der Waals surface area contributed by atoms with Gasteiger partial charge in [-0.25, -0.2) is 18.4 Å². The second-order valence-electron chi connectivity index (χ2n) is 6.47. The maximum atomic E-state index is 13.2. The fourth-order valence-electron chi connectivity index (χ4n) is 2.98. The summed E-state index contributed by atoms with van der Waals surface area (Å²) in [4.78, 5) is 8.66. The zero-order valence-corrected chi connectivity index (χ0v) is 12.8. The zero-order valence-electron chi connectivity index (χ0n) is 12.8. The van der Waals surface area contributed by atoms with E-state index in [1.165, 1.54) is 12.8 Å². The molecule has 0 saturated heterocycles. The average molecular weight is 319 g/mol. The number of halogens is 2. The summed E-state index contributed by atoms with van der Waals surface area (Å²) in [7, 11) is 0. The van der Waals surface area contributed by atoms with Gasteiger partial charge in [-0.2, -0.15) is 10.1 Å². The molecule has 2 aliphatic carbocycles. The van der Waals surface area contributed by atoms with Crippen LogP contribution in [0.4, 0.5) is 14.7 Å². The van der Waals surface area contributed by atoms with Crippen molar-refractivity contribution in [2.75, 3.05) is 5.32 Å². The van der Waals surface area contributed by atoms with Crippen molar-refractivity contribution in [2.45, 2.75) is 56.4 Å². The predicted molar refractivity (Wildman–Crippen MR) is 82.0 cm³/mol. The number of hydrogen-bond donors (Lipinski definition) is 1. The third-order valence-electron chi connectivity index (χ3n) is 4.53. The zero-order chi connectivity index (χ0) is 15.9. The smallest absolute Gasteiger partial charge is 0.248 e. The Balaban J connectivity index is 1.45. The van der Waals surface area contributed by atoms with Gasteiger partial charge in [-0.05, 0) is 31.7 Å². The molecule has 23 heavy (non-hydrogen) atoms. The van der Waals surface area contributed by atoms with Crippen molar-refractivity contribution in [1.82, 2.24) is 19.7 Å². The molecule has 0 bridgehead atoms. The molecule has 0 aliphatic heterocycles. The van der Waals surface area contributed by atoms with E-state index in [1.807, 2.05) is 12.3 Å². The van der Waals surface area contributed by atoms with E-state index in [0.717, 1.165) is 5.69 Å². The van der Waals surface area contributed by atoms with Crippen LogP contribution in [0.3, 0.4) is 0 Å². The Morgan fingerprint density at radius 1 is 1.13 bits per heavy atom. The lowest BCUT2D eigenvalue weighted by Gasteiger charge is -2.28. The number of rotatable bonds is 4. The summed E-state index contributed by atoms with van der Waals surface area (Å²) in [6.07, 6.45) is 6.71. The minimum absolute atomic E-state index is 0.00419. The first-order chi connectivity index (χ1) is 11.1. The number of alkyl halides is 2. The van der Waals surface area contributed by atoms with Crippen LogP contribution in [-0.4, -0.2) is 31.7 Å². The second-order valence-corrected chi connectivity index (χ2v) is 6.47. The molecule has 0 radical (unpaired) electrons. The maximum absolute atomic E-state index is 13.2. The second kappa shape index (κ2) is 5.54. The van der Waals surface area contributed by atoms with Crippen molar-refractivity contribution >= 4 is 5.95 Å². The molecular formula is C16H19F2N5. The standard InChI is InChI=1S/C16H19F2N5/c17-16(18)7-3-12(4-8-16)20-15-19-9-5-14(21-15)23-10-6-13(22-23)11-1-2-11/h5-6,9-12H,1-4,7-8H2,(H,19,20,21).